The molecule has 11 nitrogen and oxygen atoms in total. The number of aliphatic carboxylic acids is 1. The molecule has 0 aromatic carbocycles. The highest BCUT2D eigenvalue weighted by molar-refractivity contribution is 5.70. The number of carboxylic acids is 1. The van der Waals surface area contributed by atoms with E-state index in [1.807, 2.05) is 0 Å². The molecule has 11 unspecified atom stereocenters. The second kappa shape index (κ2) is 16.4. The van der Waals surface area contributed by atoms with Crippen molar-refractivity contribution in [2.45, 2.75) is 135 Å². The number of fused-ring (bicyclic) bond motifs is 5. The highest BCUT2D eigenvalue weighted by Gasteiger charge is 2.67. The Morgan fingerprint density at radius 3 is 1.96 bits per heavy atom. The van der Waals surface area contributed by atoms with Gasteiger partial charge in [-0.15, -0.1) is 0 Å². The number of esters is 3. The highest BCUT2D eigenvalue weighted by Crippen LogP contribution is 2.69. The molecular formula is C36H61N3O8. The third-order valence-electron chi connectivity index (χ3n) is 12.9. The van der Waals surface area contributed by atoms with Crippen LogP contribution >= 0.6 is 0 Å². The SMILES string of the molecule is CC(CCC(=O)O)C1CCC2C3C(OC(=O)CCCN)CC4CC(OC(=O)CCCN)CCC4(C)C3CC(OC(=O)CCCN)C12C. The van der Waals surface area contributed by atoms with Gasteiger partial charge in [0.05, 0.1) is 0 Å². The lowest BCUT2D eigenvalue weighted by Crippen LogP contribution is -2.63. The summed E-state index contributed by atoms with van der Waals surface area (Å²) < 4.78 is 18.8. The van der Waals surface area contributed by atoms with E-state index in [2.05, 4.69) is 20.8 Å². The maximum absolute atomic E-state index is 13.3. The molecule has 0 saturated heterocycles. The van der Waals surface area contributed by atoms with Crippen LogP contribution in [0, 0.1) is 46.3 Å². The molecule has 4 fully saturated rings. The predicted octanol–water partition coefficient (Wildman–Crippen LogP) is 4.32. The number of carboxylic acid groups (broad SMARTS) is 1. The molecule has 4 aliphatic carbocycles. The molecule has 0 amide bonds. The van der Waals surface area contributed by atoms with E-state index in [1.165, 1.54) is 0 Å². The van der Waals surface area contributed by atoms with E-state index in [4.69, 9.17) is 31.4 Å². The third kappa shape index (κ3) is 8.32. The van der Waals surface area contributed by atoms with E-state index < -0.39 is 11.4 Å². The monoisotopic (exact) mass is 663 g/mol. The van der Waals surface area contributed by atoms with E-state index in [0.717, 1.165) is 25.7 Å². The fourth-order valence-corrected chi connectivity index (χ4v) is 10.4. The number of nitrogens with two attached hydrogens (primary N) is 3. The number of carbonyl (C=O) groups excluding carboxylic acids is 3. The standard InChI is InChI=1S/C36H61N3O8/c1-22(10-13-30(40)41)25-11-12-26-34-27(21-29(36(25,26)3)47-33(44)9-6-18-39)35(2)15-14-24(45-31(42)7-4-16-37)19-23(35)20-28(34)46-32(43)8-5-17-38/h22-29,34H,4-21,37-39H2,1-3H3,(H,40,41). The minimum absolute atomic E-state index is 0.0856. The summed E-state index contributed by atoms with van der Waals surface area (Å²) in [4.78, 5) is 50.5. The van der Waals surface area contributed by atoms with Crippen molar-refractivity contribution in [1.29, 1.82) is 0 Å². The van der Waals surface area contributed by atoms with Gasteiger partial charge in [0.25, 0.3) is 0 Å². The Hall–Kier alpha value is -2.24. The average molecular weight is 664 g/mol. The van der Waals surface area contributed by atoms with Crippen molar-refractivity contribution < 1.29 is 38.5 Å². The van der Waals surface area contributed by atoms with Gasteiger partial charge >= 0.3 is 23.9 Å². The first-order valence-corrected chi connectivity index (χ1v) is 18.3. The normalized spacial score (nSPS) is 36.7. The maximum Gasteiger partial charge on any atom is 0.306 e. The van der Waals surface area contributed by atoms with E-state index >= 15 is 0 Å². The molecular weight excluding hydrogens is 602 g/mol. The molecule has 0 spiro atoms. The van der Waals surface area contributed by atoms with Gasteiger partial charge in [0, 0.05) is 37.0 Å². The summed E-state index contributed by atoms with van der Waals surface area (Å²) in [5, 5.41) is 9.46. The molecule has 11 atom stereocenters. The number of hydrogen-bond acceptors (Lipinski definition) is 10. The van der Waals surface area contributed by atoms with Gasteiger partial charge in [0.1, 0.15) is 18.3 Å². The van der Waals surface area contributed by atoms with Crippen molar-refractivity contribution in [3.63, 3.8) is 0 Å². The molecule has 4 saturated carbocycles. The molecule has 0 aromatic heterocycles. The van der Waals surface area contributed by atoms with E-state index in [9.17, 15) is 24.3 Å². The van der Waals surface area contributed by atoms with Crippen LogP contribution in [0.5, 0.6) is 0 Å². The number of hydrogen-bond donors (Lipinski definition) is 4. The van der Waals surface area contributed by atoms with Crippen molar-refractivity contribution in [3.05, 3.63) is 0 Å². The van der Waals surface area contributed by atoms with Crippen LogP contribution in [0.15, 0.2) is 0 Å². The van der Waals surface area contributed by atoms with Crippen LogP contribution in [0.4, 0.5) is 0 Å². The van der Waals surface area contributed by atoms with Gasteiger partial charge in [-0.3, -0.25) is 19.2 Å². The van der Waals surface area contributed by atoms with Crippen molar-refractivity contribution in [1.82, 2.24) is 0 Å². The summed E-state index contributed by atoms with van der Waals surface area (Å²) in [5.74, 6) is -0.654. The minimum Gasteiger partial charge on any atom is -0.481 e. The summed E-state index contributed by atoms with van der Waals surface area (Å²) in [6.45, 7) is 8.01. The van der Waals surface area contributed by atoms with Gasteiger partial charge < -0.3 is 36.5 Å². The van der Waals surface area contributed by atoms with Crippen LogP contribution in [-0.2, 0) is 33.4 Å². The zero-order valence-electron chi connectivity index (χ0n) is 29.0. The number of carbonyl (C=O) groups is 4. The average Bonchev–Trinajstić information content (AvgIpc) is 3.39. The molecule has 4 rings (SSSR count). The molecule has 11 heteroatoms. The lowest BCUT2D eigenvalue weighted by molar-refractivity contribution is -0.226. The Balaban J connectivity index is 1.69. The van der Waals surface area contributed by atoms with Gasteiger partial charge in [-0.25, -0.2) is 0 Å². The zero-order chi connectivity index (χ0) is 34.4. The summed E-state index contributed by atoms with van der Waals surface area (Å²) in [7, 11) is 0. The summed E-state index contributed by atoms with van der Waals surface area (Å²) in [5.41, 5.74) is 16.6. The van der Waals surface area contributed by atoms with Gasteiger partial charge in [-0.05, 0) is 125 Å². The van der Waals surface area contributed by atoms with E-state index in [1.54, 1.807) is 0 Å². The van der Waals surface area contributed by atoms with Gasteiger partial charge in [0.2, 0.25) is 0 Å². The van der Waals surface area contributed by atoms with Crippen molar-refractivity contribution >= 4 is 23.9 Å². The fourth-order valence-electron chi connectivity index (χ4n) is 10.4. The van der Waals surface area contributed by atoms with Crippen molar-refractivity contribution in [3.8, 4) is 0 Å². The Morgan fingerprint density at radius 2 is 1.36 bits per heavy atom. The van der Waals surface area contributed by atoms with Crippen LogP contribution in [0.2, 0.25) is 0 Å². The van der Waals surface area contributed by atoms with Crippen molar-refractivity contribution in [2.75, 3.05) is 19.6 Å². The van der Waals surface area contributed by atoms with Crippen LogP contribution in [0.1, 0.15) is 117 Å². The second-order valence-corrected chi connectivity index (χ2v) is 15.5. The molecule has 268 valence electrons. The number of rotatable bonds is 16. The Labute approximate surface area is 280 Å². The molecule has 4 aliphatic rings. The zero-order valence-corrected chi connectivity index (χ0v) is 29.0. The van der Waals surface area contributed by atoms with Crippen molar-refractivity contribution in [2.24, 2.45) is 63.5 Å². The largest absolute Gasteiger partial charge is 0.481 e. The Kier molecular flexibility index (Phi) is 13.1. The van der Waals surface area contributed by atoms with E-state index in [-0.39, 0.29) is 96.4 Å². The molecule has 0 aromatic rings. The highest BCUT2D eigenvalue weighted by atomic mass is 16.6. The van der Waals surface area contributed by atoms with Gasteiger partial charge in [-0.2, -0.15) is 0 Å². The van der Waals surface area contributed by atoms with Crippen LogP contribution in [0.25, 0.3) is 0 Å². The molecule has 0 heterocycles. The topological polar surface area (TPSA) is 194 Å². The summed E-state index contributed by atoms with van der Waals surface area (Å²) >= 11 is 0. The Morgan fingerprint density at radius 1 is 0.766 bits per heavy atom. The Bertz CT molecular complexity index is 1100. The van der Waals surface area contributed by atoms with E-state index in [0.29, 0.717) is 71.0 Å². The molecule has 0 bridgehead atoms. The minimum atomic E-state index is -0.804. The molecule has 47 heavy (non-hydrogen) atoms. The number of ether oxygens (including phenoxy) is 3. The van der Waals surface area contributed by atoms with Crippen LogP contribution in [0.3, 0.4) is 0 Å². The quantitative estimate of drug-likeness (QED) is 0.136. The first kappa shape index (κ1) is 37.6. The predicted molar refractivity (Wildman–Crippen MR) is 177 cm³/mol. The lowest BCUT2D eigenvalue weighted by atomic mass is 9.43. The maximum atomic E-state index is 13.3. The third-order valence-corrected chi connectivity index (χ3v) is 12.9. The van der Waals surface area contributed by atoms with Crippen LogP contribution < -0.4 is 17.2 Å². The lowest BCUT2D eigenvalue weighted by Gasteiger charge is -2.64. The molecule has 0 radical (unpaired) electrons. The fraction of sp³-hybridized carbons (Fsp3) is 0.889. The van der Waals surface area contributed by atoms with Gasteiger partial charge in [0.15, 0.2) is 0 Å². The summed E-state index contributed by atoms with van der Waals surface area (Å²) in [6, 6.07) is 0. The van der Waals surface area contributed by atoms with Gasteiger partial charge in [-0.1, -0.05) is 20.8 Å². The smallest absolute Gasteiger partial charge is 0.306 e. The molecule has 7 N–H and O–H groups in total. The second-order valence-electron chi connectivity index (χ2n) is 15.5. The first-order chi connectivity index (χ1) is 22.4. The summed E-state index contributed by atoms with van der Waals surface area (Å²) in [6.07, 6.45) is 7.94. The van der Waals surface area contributed by atoms with Crippen LogP contribution in [-0.4, -0.2) is 66.9 Å². The molecule has 0 aliphatic heterocycles. The first-order valence-electron chi connectivity index (χ1n) is 18.3.